The molecule has 0 amide bonds. The van der Waals surface area contributed by atoms with Crippen LogP contribution in [-0.2, 0) is 12.7 Å². The molecular formula is C16H21F3N6S. The van der Waals surface area contributed by atoms with Crippen molar-refractivity contribution in [3.8, 4) is 0 Å². The van der Waals surface area contributed by atoms with E-state index in [1.54, 1.807) is 35.8 Å². The molecule has 142 valence electrons. The summed E-state index contributed by atoms with van der Waals surface area (Å²) in [5.41, 5.74) is 1.92. The maximum Gasteiger partial charge on any atom is 0.433 e. The second-order valence-corrected chi connectivity index (χ2v) is 7.12. The van der Waals surface area contributed by atoms with Gasteiger partial charge in [0.05, 0.1) is 11.2 Å². The molecule has 0 spiro atoms. The Morgan fingerprint density at radius 2 is 1.96 bits per heavy atom. The number of alkyl halides is 3. The normalized spacial score (nSPS) is 16.6. The molecule has 2 aromatic heterocycles. The molecule has 0 saturated carbocycles. The summed E-state index contributed by atoms with van der Waals surface area (Å²) >= 11 is 1.56. The quantitative estimate of drug-likeness (QED) is 0.805. The van der Waals surface area contributed by atoms with Crippen LogP contribution < -0.4 is 9.80 Å². The first kappa shape index (κ1) is 18.8. The van der Waals surface area contributed by atoms with Crippen LogP contribution in [0.2, 0.25) is 0 Å². The Balaban J connectivity index is 1.76. The standard InChI is InChI=1S/C16H21F3N6S/c1-23(2)14-8-13(16(17,18)19)21-15(22-14)25-5-3-4-24(6-7-25)9-12-10-26-11-20-12/h8,10-11H,3-7,9H2,1-2H3. The molecule has 26 heavy (non-hydrogen) atoms. The van der Waals surface area contributed by atoms with Crippen LogP contribution in [0, 0.1) is 0 Å². The predicted molar refractivity (Wildman–Crippen MR) is 95.6 cm³/mol. The molecule has 3 rings (SSSR count). The Morgan fingerprint density at radius 1 is 1.15 bits per heavy atom. The SMILES string of the molecule is CN(C)c1cc(C(F)(F)F)nc(N2CCCN(Cc3cscn3)CC2)n1. The van der Waals surface area contributed by atoms with Gasteiger partial charge in [0.15, 0.2) is 5.69 Å². The van der Waals surface area contributed by atoms with E-state index in [-0.39, 0.29) is 11.8 Å². The maximum atomic E-state index is 13.2. The van der Waals surface area contributed by atoms with Gasteiger partial charge in [0.1, 0.15) is 5.82 Å². The molecule has 0 N–H and O–H groups in total. The van der Waals surface area contributed by atoms with E-state index in [0.717, 1.165) is 37.8 Å². The zero-order valence-corrected chi connectivity index (χ0v) is 15.5. The molecule has 10 heteroatoms. The van der Waals surface area contributed by atoms with E-state index in [9.17, 15) is 13.2 Å². The van der Waals surface area contributed by atoms with Crippen molar-refractivity contribution in [3.05, 3.63) is 28.3 Å². The summed E-state index contributed by atoms with van der Waals surface area (Å²) in [6.45, 7) is 3.56. The highest BCUT2D eigenvalue weighted by Crippen LogP contribution is 2.31. The van der Waals surface area contributed by atoms with Gasteiger partial charge in [-0.3, -0.25) is 4.90 Å². The van der Waals surface area contributed by atoms with Gasteiger partial charge >= 0.3 is 6.18 Å². The third-order valence-corrected chi connectivity index (χ3v) is 4.83. The van der Waals surface area contributed by atoms with Crippen molar-refractivity contribution >= 4 is 23.1 Å². The van der Waals surface area contributed by atoms with E-state index in [1.165, 1.54) is 0 Å². The summed E-state index contributed by atoms with van der Waals surface area (Å²) in [6, 6.07) is 0.982. The molecule has 1 aliphatic heterocycles. The molecule has 1 saturated heterocycles. The van der Waals surface area contributed by atoms with Gasteiger partial charge in [-0.2, -0.15) is 18.2 Å². The van der Waals surface area contributed by atoms with E-state index in [2.05, 4.69) is 19.9 Å². The Kier molecular flexibility index (Phi) is 5.61. The number of nitrogens with zero attached hydrogens (tertiary/aromatic N) is 6. The maximum absolute atomic E-state index is 13.2. The summed E-state index contributed by atoms with van der Waals surface area (Å²) in [4.78, 5) is 18.1. The number of hydrogen-bond donors (Lipinski definition) is 0. The van der Waals surface area contributed by atoms with Crippen LogP contribution in [0.1, 0.15) is 17.8 Å². The minimum Gasteiger partial charge on any atom is -0.363 e. The number of anilines is 2. The summed E-state index contributed by atoms with van der Waals surface area (Å²) in [5.74, 6) is 0.393. The third kappa shape index (κ3) is 4.61. The Hall–Kier alpha value is -1.94. The highest BCUT2D eigenvalue weighted by molar-refractivity contribution is 7.07. The molecule has 0 aliphatic carbocycles. The van der Waals surface area contributed by atoms with Gasteiger partial charge in [0, 0.05) is 58.3 Å². The fourth-order valence-electron chi connectivity index (χ4n) is 2.81. The van der Waals surface area contributed by atoms with Crippen molar-refractivity contribution in [2.24, 2.45) is 0 Å². The monoisotopic (exact) mass is 386 g/mol. The zero-order chi connectivity index (χ0) is 18.7. The summed E-state index contributed by atoms with van der Waals surface area (Å²) < 4.78 is 39.6. The Morgan fingerprint density at radius 3 is 2.62 bits per heavy atom. The van der Waals surface area contributed by atoms with E-state index < -0.39 is 11.9 Å². The van der Waals surface area contributed by atoms with Gasteiger partial charge in [-0.05, 0) is 6.42 Å². The van der Waals surface area contributed by atoms with Gasteiger partial charge in [-0.15, -0.1) is 11.3 Å². The lowest BCUT2D eigenvalue weighted by atomic mass is 10.3. The lowest BCUT2D eigenvalue weighted by Gasteiger charge is -2.24. The molecular weight excluding hydrogens is 365 g/mol. The topological polar surface area (TPSA) is 48.4 Å². The molecule has 0 aromatic carbocycles. The van der Waals surface area contributed by atoms with Crippen molar-refractivity contribution in [1.82, 2.24) is 19.9 Å². The van der Waals surface area contributed by atoms with E-state index >= 15 is 0 Å². The van der Waals surface area contributed by atoms with Crippen LogP contribution >= 0.6 is 11.3 Å². The lowest BCUT2D eigenvalue weighted by molar-refractivity contribution is -0.141. The smallest absolute Gasteiger partial charge is 0.363 e. The van der Waals surface area contributed by atoms with Crippen LogP contribution in [0.5, 0.6) is 0 Å². The van der Waals surface area contributed by atoms with Gasteiger partial charge in [-0.25, -0.2) is 9.97 Å². The second-order valence-electron chi connectivity index (χ2n) is 6.40. The van der Waals surface area contributed by atoms with Crippen LogP contribution in [0.25, 0.3) is 0 Å². The molecule has 0 unspecified atom stereocenters. The minimum absolute atomic E-state index is 0.138. The summed E-state index contributed by atoms with van der Waals surface area (Å²) in [6.07, 6.45) is -3.66. The fourth-order valence-corrected chi connectivity index (χ4v) is 3.36. The van der Waals surface area contributed by atoms with Gasteiger partial charge < -0.3 is 9.80 Å². The summed E-state index contributed by atoms with van der Waals surface area (Å²) in [7, 11) is 3.34. The number of aromatic nitrogens is 3. The van der Waals surface area contributed by atoms with Crippen molar-refractivity contribution in [2.75, 3.05) is 50.1 Å². The largest absolute Gasteiger partial charge is 0.433 e. The molecule has 0 atom stereocenters. The average Bonchev–Trinajstić information content (AvgIpc) is 2.98. The first-order chi connectivity index (χ1) is 12.3. The number of rotatable bonds is 4. The third-order valence-electron chi connectivity index (χ3n) is 4.19. The zero-order valence-electron chi connectivity index (χ0n) is 14.7. The van der Waals surface area contributed by atoms with E-state index in [0.29, 0.717) is 13.1 Å². The van der Waals surface area contributed by atoms with Gasteiger partial charge in [-0.1, -0.05) is 0 Å². The highest BCUT2D eigenvalue weighted by Gasteiger charge is 2.34. The molecule has 0 radical (unpaired) electrons. The molecule has 2 aromatic rings. The van der Waals surface area contributed by atoms with Crippen molar-refractivity contribution in [3.63, 3.8) is 0 Å². The first-order valence-corrected chi connectivity index (χ1v) is 9.25. The van der Waals surface area contributed by atoms with Crippen LogP contribution in [0.4, 0.5) is 24.9 Å². The van der Waals surface area contributed by atoms with Crippen molar-refractivity contribution in [1.29, 1.82) is 0 Å². The molecule has 0 bridgehead atoms. The number of halogens is 3. The van der Waals surface area contributed by atoms with Crippen LogP contribution in [0.15, 0.2) is 17.0 Å². The molecule has 1 fully saturated rings. The predicted octanol–water partition coefficient (Wildman–Crippen LogP) is 2.73. The molecule has 6 nitrogen and oxygen atoms in total. The number of thiazole rings is 1. The van der Waals surface area contributed by atoms with Gasteiger partial charge in [0.2, 0.25) is 5.95 Å². The molecule has 1 aliphatic rings. The van der Waals surface area contributed by atoms with Crippen LogP contribution in [-0.4, -0.2) is 60.1 Å². The molecule has 3 heterocycles. The average molecular weight is 386 g/mol. The van der Waals surface area contributed by atoms with Crippen molar-refractivity contribution in [2.45, 2.75) is 19.1 Å². The van der Waals surface area contributed by atoms with Crippen molar-refractivity contribution < 1.29 is 13.2 Å². The fraction of sp³-hybridized carbons (Fsp3) is 0.562. The first-order valence-electron chi connectivity index (χ1n) is 8.31. The Bertz CT molecular complexity index is 719. The highest BCUT2D eigenvalue weighted by atomic mass is 32.1. The van der Waals surface area contributed by atoms with E-state index in [1.807, 2.05) is 10.3 Å². The van der Waals surface area contributed by atoms with Gasteiger partial charge in [0.25, 0.3) is 0 Å². The lowest BCUT2D eigenvalue weighted by Crippen LogP contribution is -2.32. The van der Waals surface area contributed by atoms with Crippen LogP contribution in [0.3, 0.4) is 0 Å². The Labute approximate surface area is 154 Å². The second kappa shape index (κ2) is 7.75. The summed E-state index contributed by atoms with van der Waals surface area (Å²) in [5, 5.41) is 2.02. The minimum atomic E-state index is -4.50. The number of hydrogen-bond acceptors (Lipinski definition) is 7. The van der Waals surface area contributed by atoms with E-state index in [4.69, 9.17) is 0 Å².